The number of aliphatic hydroxyl groups excluding tert-OH is 1. The van der Waals surface area contributed by atoms with Crippen LogP contribution in [0, 0.1) is 5.82 Å². The molecule has 0 aliphatic heterocycles. The van der Waals surface area contributed by atoms with Crippen molar-refractivity contribution in [1.82, 2.24) is 0 Å². The first-order valence-corrected chi connectivity index (χ1v) is 5.71. The third kappa shape index (κ3) is 2.78. The lowest BCUT2D eigenvalue weighted by Gasteiger charge is -2.07. The molecule has 0 bridgehead atoms. The minimum Gasteiger partial charge on any atom is -0.392 e. The Labute approximate surface area is 108 Å². The summed E-state index contributed by atoms with van der Waals surface area (Å²) in [5.41, 5.74) is 1.81. The zero-order valence-electron chi connectivity index (χ0n) is 8.75. The monoisotopic (exact) mass is 270 g/mol. The van der Waals surface area contributed by atoms with Gasteiger partial charge in [0.1, 0.15) is 5.82 Å². The molecule has 0 radical (unpaired) electrons. The van der Waals surface area contributed by atoms with Crippen LogP contribution in [0.3, 0.4) is 0 Å². The van der Waals surface area contributed by atoms with E-state index in [2.05, 4.69) is 0 Å². The van der Waals surface area contributed by atoms with Crippen molar-refractivity contribution in [3.05, 3.63) is 57.8 Å². The Morgan fingerprint density at radius 2 is 1.82 bits per heavy atom. The minimum atomic E-state index is -0.405. The van der Waals surface area contributed by atoms with E-state index in [0.717, 1.165) is 0 Å². The largest absolute Gasteiger partial charge is 0.392 e. The third-order valence-electron chi connectivity index (χ3n) is 2.38. The second kappa shape index (κ2) is 5.05. The lowest BCUT2D eigenvalue weighted by Crippen LogP contribution is -1.88. The number of hydrogen-bond donors (Lipinski definition) is 1. The van der Waals surface area contributed by atoms with E-state index >= 15 is 0 Å². The molecular weight excluding hydrogens is 262 g/mol. The molecule has 0 aliphatic carbocycles. The van der Waals surface area contributed by atoms with E-state index < -0.39 is 5.82 Å². The van der Waals surface area contributed by atoms with E-state index in [1.54, 1.807) is 24.3 Å². The summed E-state index contributed by atoms with van der Waals surface area (Å²) in [5.74, 6) is -0.405. The molecule has 1 nitrogen and oxygen atoms in total. The summed E-state index contributed by atoms with van der Waals surface area (Å²) in [6.07, 6.45) is 0. The fraction of sp³-hybridized carbons (Fsp3) is 0.0769. The molecule has 1 N–H and O–H groups in total. The van der Waals surface area contributed by atoms with Gasteiger partial charge >= 0.3 is 0 Å². The van der Waals surface area contributed by atoms with Gasteiger partial charge in [-0.15, -0.1) is 0 Å². The molecule has 17 heavy (non-hydrogen) atoms. The average molecular weight is 271 g/mol. The summed E-state index contributed by atoms with van der Waals surface area (Å²) >= 11 is 11.8. The van der Waals surface area contributed by atoms with Gasteiger partial charge in [0.25, 0.3) is 0 Å². The van der Waals surface area contributed by atoms with E-state index in [1.807, 2.05) is 0 Å². The summed E-state index contributed by atoms with van der Waals surface area (Å²) in [4.78, 5) is 0. The molecule has 0 saturated carbocycles. The lowest BCUT2D eigenvalue weighted by atomic mass is 10.0. The molecule has 4 heteroatoms. The van der Waals surface area contributed by atoms with Gasteiger partial charge in [0.05, 0.1) is 6.61 Å². The van der Waals surface area contributed by atoms with Crippen LogP contribution in [0.4, 0.5) is 4.39 Å². The van der Waals surface area contributed by atoms with Crippen LogP contribution < -0.4 is 0 Å². The van der Waals surface area contributed by atoms with E-state index in [1.165, 1.54) is 12.1 Å². The number of benzene rings is 2. The SMILES string of the molecule is OCc1cc(F)cc(-c2ccc(Cl)cc2Cl)c1. The summed E-state index contributed by atoms with van der Waals surface area (Å²) in [5, 5.41) is 10.0. The maximum Gasteiger partial charge on any atom is 0.124 e. The van der Waals surface area contributed by atoms with Crippen molar-refractivity contribution in [1.29, 1.82) is 0 Å². The minimum absolute atomic E-state index is 0.212. The zero-order valence-corrected chi connectivity index (χ0v) is 10.3. The van der Waals surface area contributed by atoms with E-state index in [-0.39, 0.29) is 6.61 Å². The van der Waals surface area contributed by atoms with Gasteiger partial charge in [0.2, 0.25) is 0 Å². The Balaban J connectivity index is 2.55. The number of aliphatic hydroxyl groups is 1. The van der Waals surface area contributed by atoms with Crippen LogP contribution in [0.25, 0.3) is 11.1 Å². The molecule has 0 atom stereocenters. The van der Waals surface area contributed by atoms with Crippen LogP contribution >= 0.6 is 23.2 Å². The highest BCUT2D eigenvalue weighted by Crippen LogP contribution is 2.31. The normalized spacial score (nSPS) is 10.6. The van der Waals surface area contributed by atoms with E-state index in [4.69, 9.17) is 28.3 Å². The van der Waals surface area contributed by atoms with Gasteiger partial charge in [-0.1, -0.05) is 29.3 Å². The van der Waals surface area contributed by atoms with Crippen molar-refractivity contribution in [3.63, 3.8) is 0 Å². The predicted molar refractivity (Wildman–Crippen MR) is 67.8 cm³/mol. The molecule has 0 heterocycles. The second-order valence-electron chi connectivity index (χ2n) is 3.63. The molecule has 2 aromatic rings. The third-order valence-corrected chi connectivity index (χ3v) is 2.93. The molecule has 0 aliphatic rings. The van der Waals surface area contributed by atoms with Crippen LogP contribution in [-0.2, 0) is 6.61 Å². The maximum absolute atomic E-state index is 13.3. The molecule has 2 aromatic carbocycles. The fourth-order valence-electron chi connectivity index (χ4n) is 1.62. The van der Waals surface area contributed by atoms with Crippen molar-refractivity contribution in [2.45, 2.75) is 6.61 Å². The van der Waals surface area contributed by atoms with Gasteiger partial charge < -0.3 is 5.11 Å². The number of halogens is 3. The van der Waals surface area contributed by atoms with E-state index in [0.29, 0.717) is 26.7 Å². The topological polar surface area (TPSA) is 20.2 Å². The lowest BCUT2D eigenvalue weighted by molar-refractivity contribution is 0.281. The van der Waals surface area contributed by atoms with Crippen molar-refractivity contribution >= 4 is 23.2 Å². The van der Waals surface area contributed by atoms with Gasteiger partial charge in [-0.2, -0.15) is 0 Å². The van der Waals surface area contributed by atoms with Gasteiger partial charge in [-0.05, 0) is 41.5 Å². The van der Waals surface area contributed by atoms with Gasteiger partial charge in [0, 0.05) is 15.6 Å². The Kier molecular flexibility index (Phi) is 3.67. The zero-order chi connectivity index (χ0) is 12.4. The highest BCUT2D eigenvalue weighted by atomic mass is 35.5. The first-order chi connectivity index (χ1) is 8.10. The molecule has 88 valence electrons. The molecule has 0 saturated heterocycles. The smallest absolute Gasteiger partial charge is 0.124 e. The predicted octanol–water partition coefficient (Wildman–Crippen LogP) is 4.29. The van der Waals surface area contributed by atoms with Crippen LogP contribution in [0.5, 0.6) is 0 Å². The van der Waals surface area contributed by atoms with Gasteiger partial charge in [0.15, 0.2) is 0 Å². The first kappa shape index (κ1) is 12.4. The maximum atomic E-state index is 13.3. The van der Waals surface area contributed by atoms with Crippen molar-refractivity contribution in [2.75, 3.05) is 0 Å². The fourth-order valence-corrected chi connectivity index (χ4v) is 2.14. The second-order valence-corrected chi connectivity index (χ2v) is 4.47. The summed E-state index contributed by atoms with van der Waals surface area (Å²) < 4.78 is 13.3. The molecule has 0 unspecified atom stereocenters. The van der Waals surface area contributed by atoms with Crippen LogP contribution in [-0.4, -0.2) is 5.11 Å². The van der Waals surface area contributed by atoms with Crippen LogP contribution in [0.15, 0.2) is 36.4 Å². The summed E-state index contributed by atoms with van der Waals surface area (Å²) in [6.45, 7) is -0.212. The van der Waals surface area contributed by atoms with Crippen LogP contribution in [0.2, 0.25) is 10.0 Å². The molecule has 0 amide bonds. The van der Waals surface area contributed by atoms with Gasteiger partial charge in [-0.25, -0.2) is 4.39 Å². The Bertz CT molecular complexity index is 555. The van der Waals surface area contributed by atoms with Crippen molar-refractivity contribution < 1.29 is 9.50 Å². The molecule has 0 spiro atoms. The molecular formula is C13H9Cl2FO. The Morgan fingerprint density at radius 3 is 2.47 bits per heavy atom. The Hall–Kier alpha value is -1.09. The average Bonchev–Trinajstić information content (AvgIpc) is 2.28. The molecule has 0 aromatic heterocycles. The van der Waals surface area contributed by atoms with Gasteiger partial charge in [-0.3, -0.25) is 0 Å². The van der Waals surface area contributed by atoms with E-state index in [9.17, 15) is 4.39 Å². The highest BCUT2D eigenvalue weighted by molar-refractivity contribution is 6.36. The summed E-state index contributed by atoms with van der Waals surface area (Å²) in [7, 11) is 0. The number of hydrogen-bond acceptors (Lipinski definition) is 1. The number of rotatable bonds is 2. The quantitative estimate of drug-likeness (QED) is 0.863. The Morgan fingerprint density at radius 1 is 1.06 bits per heavy atom. The first-order valence-electron chi connectivity index (χ1n) is 4.96. The molecule has 0 fully saturated rings. The van der Waals surface area contributed by atoms with Crippen molar-refractivity contribution in [3.8, 4) is 11.1 Å². The molecule has 2 rings (SSSR count). The summed E-state index contributed by atoms with van der Waals surface area (Å²) in [6, 6.07) is 9.36. The standard InChI is InChI=1S/C13H9Cl2FO/c14-10-1-2-12(13(15)6-10)9-3-8(7-17)4-11(16)5-9/h1-6,17H,7H2. The van der Waals surface area contributed by atoms with Crippen LogP contribution in [0.1, 0.15) is 5.56 Å². The highest BCUT2D eigenvalue weighted by Gasteiger charge is 2.07. The van der Waals surface area contributed by atoms with Crippen molar-refractivity contribution in [2.24, 2.45) is 0 Å².